The molecule has 14 heteroatoms. The number of ether oxygens (including phenoxy) is 4. The average Bonchev–Trinajstić information content (AvgIpc) is 3.46. The Morgan fingerprint density at radius 2 is 0.800 bits per heavy atom. The first-order valence-electron chi connectivity index (χ1n) is 33.6. The van der Waals surface area contributed by atoms with Gasteiger partial charge in [0.25, 0.3) is 0 Å². The largest absolute Gasteiger partial charge is 0.394 e. The van der Waals surface area contributed by atoms with E-state index >= 15 is 0 Å². The van der Waals surface area contributed by atoms with Crippen molar-refractivity contribution in [1.82, 2.24) is 5.32 Å². The number of nitrogens with one attached hydrogen (secondary N) is 1. The number of aliphatic hydroxyl groups is 8. The van der Waals surface area contributed by atoms with Crippen LogP contribution in [0.2, 0.25) is 0 Å². The number of amides is 1. The van der Waals surface area contributed by atoms with Crippen molar-refractivity contribution in [1.29, 1.82) is 0 Å². The number of aliphatic hydroxyl groups excluding tert-OH is 8. The zero-order chi connectivity index (χ0) is 58.1. The normalized spacial score (nSPS) is 24.3. The fourth-order valence-electron chi connectivity index (χ4n) is 11.3. The zero-order valence-electron chi connectivity index (χ0n) is 51.1. The van der Waals surface area contributed by atoms with E-state index in [2.05, 4.69) is 31.3 Å². The summed E-state index contributed by atoms with van der Waals surface area (Å²) in [5, 5.41) is 87.2. The van der Waals surface area contributed by atoms with Crippen LogP contribution in [0.3, 0.4) is 0 Å². The Hall–Kier alpha value is -1.53. The second kappa shape index (κ2) is 51.9. The lowest BCUT2D eigenvalue weighted by molar-refractivity contribution is -0.359. The van der Waals surface area contributed by atoms with Crippen LogP contribution in [0.5, 0.6) is 0 Å². The Morgan fingerprint density at radius 3 is 1.23 bits per heavy atom. The number of hydrogen-bond acceptors (Lipinski definition) is 13. The van der Waals surface area contributed by atoms with Crippen molar-refractivity contribution in [2.24, 2.45) is 0 Å². The second-order valence-corrected chi connectivity index (χ2v) is 24.0. The first-order valence-corrected chi connectivity index (χ1v) is 33.6. The van der Waals surface area contributed by atoms with Crippen LogP contribution in [0, 0.1) is 0 Å². The molecule has 12 unspecified atom stereocenters. The lowest BCUT2D eigenvalue weighted by atomic mass is 9.97. The molecular formula is C66H125NO13. The third-order valence-electron chi connectivity index (χ3n) is 16.6. The van der Waals surface area contributed by atoms with E-state index in [1.165, 1.54) is 231 Å². The van der Waals surface area contributed by atoms with E-state index in [0.717, 1.165) is 32.1 Å². The third-order valence-corrected chi connectivity index (χ3v) is 16.6. The first kappa shape index (κ1) is 74.6. The van der Waals surface area contributed by atoms with Gasteiger partial charge in [0.05, 0.1) is 32.0 Å². The summed E-state index contributed by atoms with van der Waals surface area (Å²) in [6.07, 6.45) is 46.8. The average molecular weight is 1140 g/mol. The number of allylic oxidation sites excluding steroid dienone is 3. The predicted octanol–water partition coefficient (Wildman–Crippen LogP) is 12.8. The van der Waals surface area contributed by atoms with Gasteiger partial charge in [0, 0.05) is 6.42 Å². The molecular weight excluding hydrogens is 1010 g/mol. The van der Waals surface area contributed by atoms with Crippen molar-refractivity contribution >= 4 is 5.91 Å². The maximum atomic E-state index is 13.2. The van der Waals surface area contributed by atoms with Crippen LogP contribution >= 0.6 is 0 Å². The predicted molar refractivity (Wildman–Crippen MR) is 323 cm³/mol. The second-order valence-electron chi connectivity index (χ2n) is 24.0. The molecule has 0 aliphatic carbocycles. The maximum absolute atomic E-state index is 13.2. The van der Waals surface area contributed by atoms with Crippen LogP contribution in [0.1, 0.15) is 296 Å². The van der Waals surface area contributed by atoms with Gasteiger partial charge in [0.15, 0.2) is 12.6 Å². The Balaban J connectivity index is 1.66. The summed E-state index contributed by atoms with van der Waals surface area (Å²) in [7, 11) is 0. The highest BCUT2D eigenvalue weighted by molar-refractivity contribution is 5.76. The van der Waals surface area contributed by atoms with E-state index in [1.54, 1.807) is 6.08 Å². The number of carbonyl (C=O) groups is 1. The topological polar surface area (TPSA) is 228 Å². The summed E-state index contributed by atoms with van der Waals surface area (Å²) >= 11 is 0. The maximum Gasteiger partial charge on any atom is 0.220 e. The fourth-order valence-corrected chi connectivity index (χ4v) is 11.3. The van der Waals surface area contributed by atoms with E-state index in [1.807, 2.05) is 6.08 Å². The lowest BCUT2D eigenvalue weighted by Gasteiger charge is -2.46. The van der Waals surface area contributed by atoms with Gasteiger partial charge in [-0.25, -0.2) is 0 Å². The number of hydrogen-bond donors (Lipinski definition) is 9. The summed E-state index contributed by atoms with van der Waals surface area (Å²) < 4.78 is 22.8. The highest BCUT2D eigenvalue weighted by atomic mass is 16.7. The molecule has 2 aliphatic rings. The number of carbonyl (C=O) groups excluding carboxylic acids is 1. The van der Waals surface area contributed by atoms with Crippen molar-refractivity contribution in [2.45, 2.75) is 370 Å². The number of unbranched alkanes of at least 4 members (excludes halogenated alkanes) is 40. The fraction of sp³-hybridized carbons (Fsp3) is 0.924. The van der Waals surface area contributed by atoms with Gasteiger partial charge >= 0.3 is 0 Å². The van der Waals surface area contributed by atoms with E-state index in [9.17, 15) is 45.6 Å². The van der Waals surface area contributed by atoms with Gasteiger partial charge in [0.1, 0.15) is 48.8 Å². The Morgan fingerprint density at radius 1 is 0.438 bits per heavy atom. The highest BCUT2D eigenvalue weighted by Gasteiger charge is 2.51. The first-order chi connectivity index (χ1) is 39.1. The van der Waals surface area contributed by atoms with Gasteiger partial charge < -0.3 is 65.1 Å². The van der Waals surface area contributed by atoms with Gasteiger partial charge in [0.2, 0.25) is 5.91 Å². The quantitative estimate of drug-likeness (QED) is 0.0204. The Kier molecular flexibility index (Phi) is 48.3. The molecule has 14 nitrogen and oxygen atoms in total. The molecule has 0 aromatic rings. The summed E-state index contributed by atoms with van der Waals surface area (Å²) in [5.74, 6) is -0.245. The van der Waals surface area contributed by atoms with Crippen LogP contribution in [0.15, 0.2) is 24.3 Å². The summed E-state index contributed by atoms with van der Waals surface area (Å²) in [4.78, 5) is 13.2. The van der Waals surface area contributed by atoms with Gasteiger partial charge in [-0.15, -0.1) is 0 Å². The molecule has 0 radical (unpaired) electrons. The van der Waals surface area contributed by atoms with E-state index in [4.69, 9.17) is 18.9 Å². The minimum absolute atomic E-state index is 0.245. The molecule has 2 heterocycles. The molecule has 0 spiro atoms. The molecule has 9 N–H and O–H groups in total. The van der Waals surface area contributed by atoms with Gasteiger partial charge in [-0.1, -0.05) is 282 Å². The molecule has 12 atom stereocenters. The van der Waals surface area contributed by atoms with E-state index in [-0.39, 0.29) is 18.9 Å². The van der Waals surface area contributed by atoms with Crippen molar-refractivity contribution in [2.75, 3.05) is 19.8 Å². The minimum Gasteiger partial charge on any atom is -0.394 e. The lowest BCUT2D eigenvalue weighted by Crippen LogP contribution is -2.65. The molecule has 2 aliphatic heterocycles. The van der Waals surface area contributed by atoms with Gasteiger partial charge in [-0.05, 0) is 32.1 Å². The van der Waals surface area contributed by atoms with Crippen LogP contribution in [0.25, 0.3) is 0 Å². The van der Waals surface area contributed by atoms with Crippen molar-refractivity contribution in [3.63, 3.8) is 0 Å². The Bertz CT molecular complexity index is 1440. The van der Waals surface area contributed by atoms with Crippen LogP contribution in [-0.4, -0.2) is 140 Å². The van der Waals surface area contributed by atoms with E-state index < -0.39 is 86.8 Å². The molecule has 2 saturated heterocycles. The molecule has 1 amide bonds. The smallest absolute Gasteiger partial charge is 0.220 e. The van der Waals surface area contributed by atoms with Crippen molar-refractivity contribution in [3.05, 3.63) is 24.3 Å². The molecule has 0 aromatic carbocycles. The van der Waals surface area contributed by atoms with Crippen molar-refractivity contribution < 1.29 is 64.6 Å². The Labute approximate surface area is 488 Å². The SMILES string of the molecule is CCCCCCCCCCCCCCCCCCCCCCCCCCCC/C=C/CC/C=C/C(O)C(COC1OC(CO)C(OC2OC(CO)C(O)C(O)C2O)C(O)C1O)NC(=O)CCCCCCCCCCCCCCCC. The minimum atomic E-state index is -1.79. The van der Waals surface area contributed by atoms with Gasteiger partial charge in [-0.3, -0.25) is 4.79 Å². The summed E-state index contributed by atoms with van der Waals surface area (Å²) in [6.45, 7) is 2.81. The van der Waals surface area contributed by atoms with Crippen LogP contribution in [-0.2, 0) is 23.7 Å². The molecule has 0 saturated carbocycles. The standard InChI is InChI=1S/C66H125NO13/c1-3-5-7-9-11-13-15-17-19-20-21-22-23-24-25-26-27-28-29-30-31-32-33-34-35-36-37-39-41-43-45-47-49-55(70)54(67-58(71)50-48-46-44-42-40-38-18-16-14-12-10-8-6-4-2)53-77-65-63(76)61(74)64(57(52-69)79-65)80-66-62(75)60(73)59(72)56(51-68)78-66/h39,41,47,49,54-57,59-66,68-70,72-76H,3-38,40,42-46,48,50-53H2,1-2H3,(H,67,71)/b41-39+,49-47+. The van der Waals surface area contributed by atoms with Gasteiger partial charge in [-0.2, -0.15) is 0 Å². The van der Waals surface area contributed by atoms with Crippen LogP contribution < -0.4 is 5.32 Å². The monoisotopic (exact) mass is 1140 g/mol. The molecule has 472 valence electrons. The molecule has 2 fully saturated rings. The summed E-state index contributed by atoms with van der Waals surface area (Å²) in [6, 6.07) is -0.928. The molecule has 0 aromatic heterocycles. The number of rotatable bonds is 55. The molecule has 0 bridgehead atoms. The molecule has 80 heavy (non-hydrogen) atoms. The third kappa shape index (κ3) is 36.3. The van der Waals surface area contributed by atoms with Crippen molar-refractivity contribution in [3.8, 4) is 0 Å². The molecule has 2 rings (SSSR count). The summed E-state index contributed by atoms with van der Waals surface area (Å²) in [5.41, 5.74) is 0. The highest BCUT2D eigenvalue weighted by Crippen LogP contribution is 2.30. The zero-order valence-corrected chi connectivity index (χ0v) is 51.1. The van der Waals surface area contributed by atoms with E-state index in [0.29, 0.717) is 12.8 Å². The van der Waals surface area contributed by atoms with Crippen LogP contribution in [0.4, 0.5) is 0 Å².